The molecule has 0 saturated heterocycles. The lowest BCUT2D eigenvalue weighted by atomic mass is 10.3. The third-order valence-corrected chi connectivity index (χ3v) is 4.48. The Morgan fingerprint density at radius 2 is 2.08 bits per heavy atom. The van der Waals surface area contributed by atoms with Crippen LogP contribution < -0.4 is 10.6 Å². The van der Waals surface area contributed by atoms with Gasteiger partial charge < -0.3 is 10.6 Å². The molecule has 0 bridgehead atoms. The molecule has 2 aromatic heterocycles. The van der Waals surface area contributed by atoms with Crippen molar-refractivity contribution in [3.63, 3.8) is 0 Å². The van der Waals surface area contributed by atoms with Crippen LogP contribution in [0.5, 0.6) is 0 Å². The van der Waals surface area contributed by atoms with Crippen LogP contribution in [0.4, 0.5) is 5.69 Å². The van der Waals surface area contributed by atoms with E-state index in [1.54, 1.807) is 21.8 Å². The smallest absolute Gasteiger partial charge is 0.273 e. The van der Waals surface area contributed by atoms with Gasteiger partial charge in [0.1, 0.15) is 0 Å². The largest absolute Gasteiger partial charge is 0.351 e. The number of aromatic nitrogens is 4. The zero-order valence-electron chi connectivity index (χ0n) is 14.7. The molecule has 0 fully saturated rings. The van der Waals surface area contributed by atoms with Crippen molar-refractivity contribution in [1.29, 1.82) is 0 Å². The number of aryl methyl sites for hydroxylation is 2. The zero-order chi connectivity index (χ0) is 18.4. The van der Waals surface area contributed by atoms with Gasteiger partial charge in [-0.1, -0.05) is 6.92 Å². The first-order valence-corrected chi connectivity index (χ1v) is 9.08. The average molecular weight is 411 g/mol. The van der Waals surface area contributed by atoms with Crippen LogP contribution in [0.3, 0.4) is 0 Å². The van der Waals surface area contributed by atoms with Gasteiger partial charge in [-0.2, -0.15) is 10.2 Å². The first-order chi connectivity index (χ1) is 12.0. The van der Waals surface area contributed by atoms with Crippen LogP contribution in [0.1, 0.15) is 42.9 Å². The lowest BCUT2D eigenvalue weighted by Crippen LogP contribution is -2.26. The van der Waals surface area contributed by atoms with E-state index in [4.69, 9.17) is 0 Å². The minimum Gasteiger partial charge on any atom is -0.351 e. The van der Waals surface area contributed by atoms with Crippen LogP contribution in [0.15, 0.2) is 16.9 Å². The van der Waals surface area contributed by atoms with Crippen LogP contribution in [-0.2, 0) is 17.9 Å². The fourth-order valence-electron chi connectivity index (χ4n) is 2.23. The number of carbonyl (C=O) groups is 2. The standard InChI is InChI=1S/C16H23BrN6O2/c1-4-7-18-16(25)15-13(10-22(5-2)21-15)20-14(24)6-8-23-11(3)12(17)9-19-23/h9-10H,4-8H2,1-3H3,(H,18,25)(H,20,24). The number of rotatable bonds is 8. The molecule has 0 aliphatic carbocycles. The summed E-state index contributed by atoms with van der Waals surface area (Å²) in [6.45, 7) is 7.47. The topological polar surface area (TPSA) is 93.8 Å². The summed E-state index contributed by atoms with van der Waals surface area (Å²) in [7, 11) is 0. The molecule has 0 radical (unpaired) electrons. The van der Waals surface area contributed by atoms with Gasteiger partial charge in [0.2, 0.25) is 5.91 Å². The summed E-state index contributed by atoms with van der Waals surface area (Å²) in [4.78, 5) is 24.5. The number of anilines is 1. The Morgan fingerprint density at radius 1 is 1.32 bits per heavy atom. The van der Waals surface area contributed by atoms with Crippen LogP contribution >= 0.6 is 15.9 Å². The van der Waals surface area contributed by atoms with Gasteiger partial charge in [-0.15, -0.1) is 0 Å². The lowest BCUT2D eigenvalue weighted by Gasteiger charge is -2.07. The SMILES string of the molecule is CCCNC(=O)c1nn(CC)cc1NC(=O)CCn1ncc(Br)c1C. The first kappa shape index (κ1) is 19.2. The van der Waals surface area contributed by atoms with E-state index >= 15 is 0 Å². The van der Waals surface area contributed by atoms with Crippen molar-refractivity contribution in [3.05, 3.63) is 28.3 Å². The number of nitrogens with zero attached hydrogens (tertiary/aromatic N) is 4. The van der Waals surface area contributed by atoms with Crippen LogP contribution in [0.25, 0.3) is 0 Å². The Bertz CT molecular complexity index is 752. The van der Waals surface area contributed by atoms with Gasteiger partial charge in [-0.3, -0.25) is 19.0 Å². The highest BCUT2D eigenvalue weighted by Crippen LogP contribution is 2.16. The van der Waals surface area contributed by atoms with Gasteiger partial charge in [-0.25, -0.2) is 0 Å². The molecular formula is C16H23BrN6O2. The molecule has 2 aromatic rings. The predicted molar refractivity (Wildman–Crippen MR) is 98.4 cm³/mol. The Kier molecular flexibility index (Phi) is 6.74. The molecule has 0 unspecified atom stereocenters. The maximum absolute atomic E-state index is 12.3. The molecule has 8 nitrogen and oxygen atoms in total. The van der Waals surface area contributed by atoms with Crippen LogP contribution in [0.2, 0.25) is 0 Å². The van der Waals surface area contributed by atoms with Crippen molar-refractivity contribution in [2.45, 2.75) is 46.7 Å². The Labute approximate surface area is 155 Å². The Hall–Kier alpha value is -2.16. The van der Waals surface area contributed by atoms with Crippen LogP contribution in [-0.4, -0.2) is 37.9 Å². The molecule has 136 valence electrons. The highest BCUT2D eigenvalue weighted by Gasteiger charge is 2.18. The molecule has 0 aromatic carbocycles. The third-order valence-electron chi connectivity index (χ3n) is 3.70. The second-order valence-corrected chi connectivity index (χ2v) is 6.46. The van der Waals surface area contributed by atoms with E-state index in [0.717, 1.165) is 16.6 Å². The van der Waals surface area contributed by atoms with Crippen LogP contribution in [0, 0.1) is 6.92 Å². The van der Waals surface area contributed by atoms with Gasteiger partial charge in [0, 0.05) is 31.4 Å². The van der Waals surface area contributed by atoms with Gasteiger partial charge in [0.25, 0.3) is 5.91 Å². The second kappa shape index (κ2) is 8.80. The lowest BCUT2D eigenvalue weighted by molar-refractivity contribution is -0.116. The summed E-state index contributed by atoms with van der Waals surface area (Å²) in [6, 6.07) is 0. The molecule has 2 N–H and O–H groups in total. The maximum atomic E-state index is 12.3. The van der Waals surface area contributed by atoms with E-state index < -0.39 is 0 Å². The summed E-state index contributed by atoms with van der Waals surface area (Å²) >= 11 is 3.39. The van der Waals surface area contributed by atoms with E-state index in [-0.39, 0.29) is 23.9 Å². The normalized spacial score (nSPS) is 10.7. The van der Waals surface area contributed by atoms with E-state index in [1.807, 2.05) is 20.8 Å². The quantitative estimate of drug-likeness (QED) is 0.697. The summed E-state index contributed by atoms with van der Waals surface area (Å²) in [5, 5.41) is 14.0. The van der Waals surface area contributed by atoms with Crippen molar-refractivity contribution in [2.24, 2.45) is 0 Å². The molecule has 0 spiro atoms. The van der Waals surface area contributed by atoms with E-state index in [9.17, 15) is 9.59 Å². The number of hydrogen-bond donors (Lipinski definition) is 2. The summed E-state index contributed by atoms with van der Waals surface area (Å²) < 4.78 is 4.30. The van der Waals surface area contributed by atoms with Gasteiger partial charge in [-0.05, 0) is 36.2 Å². The number of amides is 2. The fraction of sp³-hybridized carbons (Fsp3) is 0.500. The van der Waals surface area contributed by atoms with E-state index in [1.165, 1.54) is 0 Å². The number of nitrogens with one attached hydrogen (secondary N) is 2. The average Bonchev–Trinajstić information content (AvgIpc) is 3.15. The summed E-state index contributed by atoms with van der Waals surface area (Å²) in [5.41, 5.74) is 1.63. The van der Waals surface area contributed by atoms with Crippen molar-refractivity contribution in [3.8, 4) is 0 Å². The molecule has 0 atom stereocenters. The van der Waals surface area contributed by atoms with E-state index in [0.29, 0.717) is 25.3 Å². The number of halogens is 1. The summed E-state index contributed by atoms with van der Waals surface area (Å²) in [6.07, 6.45) is 4.46. The monoisotopic (exact) mass is 410 g/mol. The molecule has 2 amide bonds. The van der Waals surface area contributed by atoms with Gasteiger partial charge >= 0.3 is 0 Å². The maximum Gasteiger partial charge on any atom is 0.273 e. The molecule has 25 heavy (non-hydrogen) atoms. The number of carbonyl (C=O) groups excluding carboxylic acids is 2. The highest BCUT2D eigenvalue weighted by atomic mass is 79.9. The number of hydrogen-bond acceptors (Lipinski definition) is 4. The first-order valence-electron chi connectivity index (χ1n) is 8.29. The highest BCUT2D eigenvalue weighted by molar-refractivity contribution is 9.10. The third kappa shape index (κ3) is 4.91. The zero-order valence-corrected chi connectivity index (χ0v) is 16.3. The minimum atomic E-state index is -0.281. The van der Waals surface area contributed by atoms with E-state index in [2.05, 4.69) is 36.8 Å². The Balaban J connectivity index is 2.02. The molecule has 0 aliphatic rings. The molecular weight excluding hydrogens is 388 g/mol. The van der Waals surface area contributed by atoms with Gasteiger partial charge in [0.05, 0.1) is 22.9 Å². The minimum absolute atomic E-state index is 0.189. The predicted octanol–water partition coefficient (Wildman–Crippen LogP) is 2.34. The van der Waals surface area contributed by atoms with Crippen molar-refractivity contribution in [1.82, 2.24) is 24.9 Å². The molecule has 0 saturated carbocycles. The van der Waals surface area contributed by atoms with Gasteiger partial charge in [0.15, 0.2) is 5.69 Å². The van der Waals surface area contributed by atoms with Crippen molar-refractivity contribution >= 4 is 33.4 Å². The van der Waals surface area contributed by atoms with Crippen molar-refractivity contribution in [2.75, 3.05) is 11.9 Å². The molecule has 9 heteroatoms. The Morgan fingerprint density at radius 3 is 2.68 bits per heavy atom. The molecule has 2 heterocycles. The molecule has 2 rings (SSSR count). The fourth-order valence-corrected chi connectivity index (χ4v) is 2.53. The molecule has 0 aliphatic heterocycles. The second-order valence-electron chi connectivity index (χ2n) is 5.60. The van der Waals surface area contributed by atoms with Crippen molar-refractivity contribution < 1.29 is 9.59 Å². The summed E-state index contributed by atoms with van der Waals surface area (Å²) in [5.74, 6) is -0.470.